The molecule has 0 fully saturated rings. The van der Waals surface area contributed by atoms with E-state index in [-0.39, 0.29) is 40.9 Å². The van der Waals surface area contributed by atoms with Gasteiger partial charge >= 0.3 is 0 Å². The van der Waals surface area contributed by atoms with Crippen molar-refractivity contribution in [3.63, 3.8) is 0 Å². The van der Waals surface area contributed by atoms with E-state index in [9.17, 15) is 30.6 Å². The molecule has 0 saturated carbocycles. The molecule has 0 spiro atoms. The highest BCUT2D eigenvalue weighted by atomic mass is 16.3. The number of aromatic hydroxyl groups is 6. The first kappa shape index (κ1) is 17.3. The van der Waals surface area contributed by atoms with Crippen molar-refractivity contribution in [3.05, 3.63) is 71.3 Å². The quantitative estimate of drug-likeness (QED) is 0.428. The predicted octanol–water partition coefficient (Wildman–Crippen LogP) is 3.29. The van der Waals surface area contributed by atoms with E-state index in [0.717, 1.165) is 0 Å². The molecule has 0 saturated heterocycles. The highest BCUT2D eigenvalue weighted by Crippen LogP contribution is 2.41. The van der Waals surface area contributed by atoms with Crippen LogP contribution < -0.4 is 0 Å². The zero-order valence-electron chi connectivity index (χ0n) is 13.7. The van der Waals surface area contributed by atoms with Gasteiger partial charge < -0.3 is 30.6 Å². The summed E-state index contributed by atoms with van der Waals surface area (Å²) in [5.41, 5.74) is 1.35. The molecular weight excluding hydrogens is 336 g/mol. The zero-order chi connectivity index (χ0) is 18.8. The first-order chi connectivity index (χ1) is 12.3. The van der Waals surface area contributed by atoms with Gasteiger partial charge in [-0.25, -0.2) is 0 Å². The fourth-order valence-corrected chi connectivity index (χ4v) is 2.99. The number of rotatable bonds is 4. The molecule has 26 heavy (non-hydrogen) atoms. The molecule has 0 aliphatic rings. The van der Waals surface area contributed by atoms with Crippen LogP contribution in [0.25, 0.3) is 0 Å². The highest BCUT2D eigenvalue weighted by molar-refractivity contribution is 5.52. The van der Waals surface area contributed by atoms with E-state index in [1.165, 1.54) is 48.5 Å². The molecule has 0 atom stereocenters. The van der Waals surface area contributed by atoms with Gasteiger partial charge in [0.1, 0.15) is 34.5 Å². The van der Waals surface area contributed by atoms with E-state index < -0.39 is 5.92 Å². The maximum atomic E-state index is 10.3. The van der Waals surface area contributed by atoms with E-state index in [1.54, 1.807) is 6.07 Å². The third-order valence-electron chi connectivity index (χ3n) is 4.27. The monoisotopic (exact) mass is 354 g/mol. The van der Waals surface area contributed by atoms with Crippen molar-refractivity contribution in [3.8, 4) is 34.5 Å². The van der Waals surface area contributed by atoms with Crippen molar-refractivity contribution in [2.24, 2.45) is 0 Å². The third-order valence-corrected chi connectivity index (χ3v) is 4.27. The molecule has 3 aromatic carbocycles. The number of benzene rings is 3. The van der Waals surface area contributed by atoms with E-state index in [4.69, 9.17) is 0 Å². The minimum absolute atomic E-state index is 0.0808. The molecule has 0 aliphatic heterocycles. The van der Waals surface area contributed by atoms with Gasteiger partial charge in [-0.15, -0.1) is 0 Å². The first-order valence-electron chi connectivity index (χ1n) is 7.89. The summed E-state index contributed by atoms with van der Waals surface area (Å²) in [6, 6.07) is 12.4. The minimum atomic E-state index is -0.577. The normalized spacial score (nSPS) is 11.0. The molecule has 0 radical (unpaired) electrons. The molecule has 6 nitrogen and oxygen atoms in total. The Labute approximate surface area is 149 Å². The fraction of sp³-hybridized carbons (Fsp3) is 0.100. The molecule has 0 amide bonds. The first-order valence-corrected chi connectivity index (χ1v) is 7.89. The Morgan fingerprint density at radius 1 is 0.538 bits per heavy atom. The standard InChI is InChI=1S/C20H18O6/c21-12-2-1-11(18(24)8-12)7-17(15-5-3-13(22)9-19(15)25)16-6-4-14(23)10-20(16)26/h1-6,8-10,17,21-26H,7H2. The van der Waals surface area contributed by atoms with Gasteiger partial charge in [0.2, 0.25) is 0 Å². The Hall–Kier alpha value is -3.54. The smallest absolute Gasteiger partial charge is 0.123 e. The zero-order valence-corrected chi connectivity index (χ0v) is 13.7. The van der Waals surface area contributed by atoms with Crippen LogP contribution in [0.15, 0.2) is 54.6 Å². The Kier molecular flexibility index (Phi) is 4.49. The summed E-state index contributed by atoms with van der Waals surface area (Å²) in [6.45, 7) is 0. The van der Waals surface area contributed by atoms with Crippen molar-refractivity contribution in [1.82, 2.24) is 0 Å². The van der Waals surface area contributed by atoms with E-state index >= 15 is 0 Å². The lowest BCUT2D eigenvalue weighted by molar-refractivity contribution is 0.431. The highest BCUT2D eigenvalue weighted by Gasteiger charge is 2.23. The lowest BCUT2D eigenvalue weighted by Gasteiger charge is -2.21. The van der Waals surface area contributed by atoms with Crippen LogP contribution in [-0.4, -0.2) is 30.6 Å². The van der Waals surface area contributed by atoms with Gasteiger partial charge in [-0.2, -0.15) is 0 Å². The predicted molar refractivity (Wildman–Crippen MR) is 94.9 cm³/mol. The van der Waals surface area contributed by atoms with Crippen LogP contribution in [0.5, 0.6) is 34.5 Å². The van der Waals surface area contributed by atoms with E-state index in [2.05, 4.69) is 0 Å². The van der Waals surface area contributed by atoms with Gasteiger partial charge in [0, 0.05) is 35.2 Å². The van der Waals surface area contributed by atoms with Crippen molar-refractivity contribution in [2.75, 3.05) is 0 Å². The van der Waals surface area contributed by atoms with Crippen LogP contribution >= 0.6 is 0 Å². The molecule has 0 unspecified atom stereocenters. The Bertz CT molecular complexity index is 900. The second-order valence-corrected chi connectivity index (χ2v) is 6.06. The molecule has 3 aromatic rings. The van der Waals surface area contributed by atoms with Gasteiger partial charge in [-0.1, -0.05) is 18.2 Å². The van der Waals surface area contributed by atoms with E-state index in [1.807, 2.05) is 0 Å². The summed E-state index contributed by atoms with van der Waals surface area (Å²) in [5.74, 6) is -1.32. The number of hydrogen-bond acceptors (Lipinski definition) is 6. The molecule has 3 rings (SSSR count). The van der Waals surface area contributed by atoms with Crippen molar-refractivity contribution in [1.29, 1.82) is 0 Å². The average molecular weight is 354 g/mol. The Balaban J connectivity index is 2.12. The lowest BCUT2D eigenvalue weighted by Crippen LogP contribution is -2.06. The molecule has 0 bridgehead atoms. The molecule has 0 aromatic heterocycles. The molecule has 6 N–H and O–H groups in total. The Morgan fingerprint density at radius 3 is 1.38 bits per heavy atom. The topological polar surface area (TPSA) is 121 Å². The third kappa shape index (κ3) is 3.44. The summed E-state index contributed by atoms with van der Waals surface area (Å²) in [4.78, 5) is 0. The largest absolute Gasteiger partial charge is 0.508 e. The van der Waals surface area contributed by atoms with Crippen LogP contribution in [-0.2, 0) is 6.42 Å². The molecule has 0 heterocycles. The Morgan fingerprint density at radius 2 is 0.962 bits per heavy atom. The molecule has 6 heteroatoms. The van der Waals surface area contributed by atoms with Crippen LogP contribution in [0.4, 0.5) is 0 Å². The van der Waals surface area contributed by atoms with Gasteiger partial charge in [-0.05, 0) is 30.2 Å². The maximum absolute atomic E-state index is 10.3. The van der Waals surface area contributed by atoms with Crippen molar-refractivity contribution in [2.45, 2.75) is 12.3 Å². The fourth-order valence-electron chi connectivity index (χ4n) is 2.99. The van der Waals surface area contributed by atoms with E-state index in [0.29, 0.717) is 16.7 Å². The second kappa shape index (κ2) is 6.76. The van der Waals surface area contributed by atoms with Crippen LogP contribution in [0.2, 0.25) is 0 Å². The van der Waals surface area contributed by atoms with Crippen LogP contribution in [0, 0.1) is 0 Å². The van der Waals surface area contributed by atoms with Crippen LogP contribution in [0.1, 0.15) is 22.6 Å². The average Bonchev–Trinajstić information content (AvgIpc) is 2.56. The van der Waals surface area contributed by atoms with Crippen molar-refractivity contribution >= 4 is 0 Å². The second-order valence-electron chi connectivity index (χ2n) is 6.06. The molecule has 134 valence electrons. The number of phenols is 6. The van der Waals surface area contributed by atoms with Crippen LogP contribution in [0.3, 0.4) is 0 Å². The van der Waals surface area contributed by atoms with Crippen molar-refractivity contribution < 1.29 is 30.6 Å². The van der Waals surface area contributed by atoms with Gasteiger partial charge in [0.05, 0.1) is 0 Å². The van der Waals surface area contributed by atoms with Gasteiger partial charge in [0.25, 0.3) is 0 Å². The SMILES string of the molecule is Oc1ccc(CC(c2ccc(O)cc2O)c2ccc(O)cc2O)c(O)c1. The molecular formula is C20H18O6. The van der Waals surface area contributed by atoms with Gasteiger partial charge in [-0.3, -0.25) is 0 Å². The minimum Gasteiger partial charge on any atom is -0.508 e. The lowest BCUT2D eigenvalue weighted by atomic mass is 9.84. The summed E-state index contributed by atoms with van der Waals surface area (Å²) < 4.78 is 0. The summed E-state index contributed by atoms with van der Waals surface area (Å²) in [6.07, 6.45) is 0.197. The summed E-state index contributed by atoms with van der Waals surface area (Å²) >= 11 is 0. The number of phenolic OH excluding ortho intramolecular Hbond substituents is 6. The van der Waals surface area contributed by atoms with Gasteiger partial charge in [0.15, 0.2) is 0 Å². The summed E-state index contributed by atoms with van der Waals surface area (Å²) in [7, 11) is 0. The molecule has 0 aliphatic carbocycles. The number of hydrogen-bond donors (Lipinski definition) is 6. The summed E-state index contributed by atoms with van der Waals surface area (Å²) in [5, 5.41) is 59.2. The maximum Gasteiger partial charge on any atom is 0.123 e.